The van der Waals surface area contributed by atoms with Crippen molar-refractivity contribution in [2.24, 2.45) is 0 Å². The number of fused-ring (bicyclic) bond motifs is 1. The third-order valence-corrected chi connectivity index (χ3v) is 4.97. The number of carbonyl (C=O) groups is 3. The number of hydrogen-bond acceptors (Lipinski definition) is 7. The lowest BCUT2D eigenvalue weighted by atomic mass is 9.78. The number of pyridine rings is 1. The predicted molar refractivity (Wildman–Crippen MR) is 107 cm³/mol. The van der Waals surface area contributed by atoms with Crippen LogP contribution < -0.4 is 10.1 Å². The summed E-state index contributed by atoms with van der Waals surface area (Å²) >= 11 is 0. The van der Waals surface area contributed by atoms with Gasteiger partial charge in [-0.25, -0.2) is 4.79 Å². The van der Waals surface area contributed by atoms with E-state index < -0.39 is 37.6 Å². The zero-order valence-corrected chi connectivity index (χ0v) is 16.3. The summed E-state index contributed by atoms with van der Waals surface area (Å²) in [5.74, 6) is -2.35. The molecule has 0 bridgehead atoms. The average molecular weight is 415 g/mol. The van der Waals surface area contributed by atoms with E-state index in [0.29, 0.717) is 41.6 Å². The Hall–Kier alpha value is -3.18. The second kappa shape index (κ2) is 9.10. The first-order chi connectivity index (χ1) is 14.3. The van der Waals surface area contributed by atoms with Crippen molar-refractivity contribution in [1.29, 1.82) is 0 Å². The largest absolute Gasteiger partial charge is 0.482 e. The maximum Gasteiger partial charge on any atom is 0.475 e. The summed E-state index contributed by atoms with van der Waals surface area (Å²) in [4.78, 5) is 41.7. The molecule has 0 radical (unpaired) electrons. The van der Waals surface area contributed by atoms with Crippen molar-refractivity contribution < 1.29 is 34.3 Å². The molecule has 1 aliphatic heterocycles. The van der Waals surface area contributed by atoms with E-state index >= 15 is 0 Å². The number of likely N-dealkylation sites (tertiary alicyclic amines) is 1. The predicted octanol–water partition coefficient (Wildman–Crippen LogP) is -0.180. The Morgan fingerprint density at radius 2 is 2.10 bits per heavy atom. The highest BCUT2D eigenvalue weighted by molar-refractivity contribution is 6.43. The number of amides is 2. The number of benzene rings is 1. The van der Waals surface area contributed by atoms with Crippen molar-refractivity contribution in [2.75, 3.05) is 13.2 Å². The van der Waals surface area contributed by atoms with Gasteiger partial charge in [0.05, 0.1) is 17.0 Å². The van der Waals surface area contributed by atoms with Crippen LogP contribution in [-0.4, -0.2) is 75.1 Å². The summed E-state index contributed by atoms with van der Waals surface area (Å²) in [6.07, 6.45) is 2.59. The monoisotopic (exact) mass is 415 g/mol. The number of ether oxygens (including phenoxy) is 1. The Bertz CT molecular complexity index is 968. The molecule has 1 fully saturated rings. The molecule has 30 heavy (non-hydrogen) atoms. The molecule has 10 nitrogen and oxygen atoms in total. The highest BCUT2D eigenvalue weighted by atomic mass is 16.5. The van der Waals surface area contributed by atoms with Crippen LogP contribution in [0.1, 0.15) is 30.1 Å². The van der Waals surface area contributed by atoms with Crippen molar-refractivity contribution in [3.05, 3.63) is 36.0 Å². The van der Waals surface area contributed by atoms with E-state index in [9.17, 15) is 24.4 Å². The summed E-state index contributed by atoms with van der Waals surface area (Å²) < 4.78 is 5.13. The van der Waals surface area contributed by atoms with Crippen LogP contribution in [0, 0.1) is 0 Å². The molecule has 3 rings (SSSR count). The molecule has 0 unspecified atom stereocenters. The summed E-state index contributed by atoms with van der Waals surface area (Å²) in [6, 6.07) is 5.32. The van der Waals surface area contributed by atoms with Crippen LogP contribution in [-0.2, 0) is 9.59 Å². The van der Waals surface area contributed by atoms with Crippen LogP contribution in [0.15, 0.2) is 30.5 Å². The van der Waals surface area contributed by atoms with Crippen molar-refractivity contribution >= 4 is 35.8 Å². The first kappa shape index (κ1) is 21.5. The molecule has 1 aromatic heterocycles. The minimum Gasteiger partial charge on any atom is -0.482 e. The van der Waals surface area contributed by atoms with Crippen LogP contribution in [0.25, 0.3) is 10.9 Å². The Morgan fingerprint density at radius 3 is 2.80 bits per heavy atom. The molecule has 1 aromatic carbocycles. The van der Waals surface area contributed by atoms with Gasteiger partial charge in [0.25, 0.3) is 5.91 Å². The Kier molecular flexibility index (Phi) is 6.53. The minimum atomic E-state index is -1.62. The molecule has 2 atom stereocenters. The van der Waals surface area contributed by atoms with Crippen LogP contribution in [0.2, 0.25) is 0 Å². The Labute approximate surface area is 172 Å². The molecule has 2 amide bonds. The normalized spacial score (nSPS) is 16.9. The average Bonchev–Trinajstić information content (AvgIpc) is 3.21. The van der Waals surface area contributed by atoms with Gasteiger partial charge >= 0.3 is 13.1 Å². The molecule has 1 saturated heterocycles. The summed E-state index contributed by atoms with van der Waals surface area (Å²) in [6.45, 7) is 1.45. The third-order valence-electron chi connectivity index (χ3n) is 4.97. The van der Waals surface area contributed by atoms with Crippen molar-refractivity contribution in [2.45, 2.75) is 31.7 Å². The standard InChI is InChI=1S/C19H22BN3O7/c1-11(19(27)23-8-2-3-16(23)20(28)29)22-18(26)14-6-7-21-15-9-12(4-5-13(14)15)30-10-17(24)25/h4-7,9,11,16,28-29H,2-3,8,10H2,1H3,(H,22,26)(H,24,25)/t11-,16+/m1/s1. The maximum atomic E-state index is 12.8. The summed E-state index contributed by atoms with van der Waals surface area (Å²) in [7, 11) is -1.62. The molecule has 11 heteroatoms. The van der Waals surface area contributed by atoms with Crippen molar-refractivity contribution in [3.8, 4) is 5.75 Å². The van der Waals surface area contributed by atoms with Crippen LogP contribution >= 0.6 is 0 Å². The fourth-order valence-electron chi connectivity index (χ4n) is 3.52. The SMILES string of the molecule is C[C@@H](NC(=O)c1ccnc2cc(OCC(=O)O)ccc12)C(=O)N1CCC[C@H]1B(O)O. The van der Waals surface area contributed by atoms with E-state index in [0.717, 1.165) is 0 Å². The molecular weight excluding hydrogens is 393 g/mol. The first-order valence-electron chi connectivity index (χ1n) is 9.48. The number of rotatable bonds is 7. The van der Waals surface area contributed by atoms with Gasteiger partial charge in [0.2, 0.25) is 5.91 Å². The molecule has 2 aromatic rings. The third kappa shape index (κ3) is 4.69. The van der Waals surface area contributed by atoms with E-state index in [-0.39, 0.29) is 5.91 Å². The first-order valence-corrected chi connectivity index (χ1v) is 9.48. The Balaban J connectivity index is 1.74. The van der Waals surface area contributed by atoms with E-state index in [1.54, 1.807) is 13.0 Å². The lowest BCUT2D eigenvalue weighted by molar-refractivity contribution is -0.139. The smallest absolute Gasteiger partial charge is 0.475 e. The Morgan fingerprint density at radius 1 is 1.33 bits per heavy atom. The number of aromatic nitrogens is 1. The highest BCUT2D eigenvalue weighted by Gasteiger charge is 2.38. The number of carboxylic acid groups (broad SMARTS) is 1. The quantitative estimate of drug-likeness (QED) is 0.455. The molecule has 2 heterocycles. The number of carboxylic acids is 1. The van der Waals surface area contributed by atoms with Crippen LogP contribution in [0.4, 0.5) is 0 Å². The zero-order valence-electron chi connectivity index (χ0n) is 16.3. The van der Waals surface area contributed by atoms with Gasteiger partial charge in [-0.3, -0.25) is 14.6 Å². The van der Waals surface area contributed by atoms with Crippen LogP contribution in [0.5, 0.6) is 5.75 Å². The maximum absolute atomic E-state index is 12.8. The number of nitrogens with zero attached hydrogens (tertiary/aromatic N) is 2. The van der Waals surface area contributed by atoms with Gasteiger partial charge in [-0.15, -0.1) is 0 Å². The fourth-order valence-corrected chi connectivity index (χ4v) is 3.52. The van der Waals surface area contributed by atoms with Crippen LogP contribution in [0.3, 0.4) is 0 Å². The second-order valence-corrected chi connectivity index (χ2v) is 7.07. The van der Waals surface area contributed by atoms with E-state index in [1.165, 1.54) is 29.3 Å². The van der Waals surface area contributed by atoms with Gasteiger partial charge in [-0.1, -0.05) is 0 Å². The molecule has 1 aliphatic rings. The number of hydrogen-bond donors (Lipinski definition) is 4. The van der Waals surface area contributed by atoms with Gasteiger partial charge in [-0.2, -0.15) is 0 Å². The second-order valence-electron chi connectivity index (χ2n) is 7.07. The van der Waals surface area contributed by atoms with E-state index in [1.807, 2.05) is 0 Å². The van der Waals surface area contributed by atoms with Gasteiger partial charge in [0, 0.05) is 24.2 Å². The lowest BCUT2D eigenvalue weighted by Gasteiger charge is -2.27. The molecule has 0 spiro atoms. The molecular formula is C19H22BN3O7. The number of nitrogens with one attached hydrogen (secondary N) is 1. The summed E-state index contributed by atoms with van der Waals surface area (Å²) in [5, 5.41) is 30.8. The van der Waals surface area contributed by atoms with E-state index in [2.05, 4.69) is 10.3 Å². The lowest BCUT2D eigenvalue weighted by Crippen LogP contribution is -2.52. The molecule has 4 N–H and O–H groups in total. The number of aliphatic carboxylic acids is 1. The zero-order chi connectivity index (χ0) is 21.8. The summed E-state index contributed by atoms with van der Waals surface area (Å²) in [5.41, 5.74) is 0.733. The van der Waals surface area contributed by atoms with Crippen molar-refractivity contribution in [1.82, 2.24) is 15.2 Å². The molecule has 0 saturated carbocycles. The highest BCUT2D eigenvalue weighted by Crippen LogP contribution is 2.23. The van der Waals surface area contributed by atoms with Gasteiger partial charge in [0.1, 0.15) is 11.8 Å². The van der Waals surface area contributed by atoms with Gasteiger partial charge in [0.15, 0.2) is 6.61 Å². The van der Waals surface area contributed by atoms with Crippen molar-refractivity contribution in [3.63, 3.8) is 0 Å². The molecule has 158 valence electrons. The molecule has 0 aliphatic carbocycles. The topological polar surface area (TPSA) is 149 Å². The van der Waals surface area contributed by atoms with E-state index in [4.69, 9.17) is 9.84 Å². The van der Waals surface area contributed by atoms with Gasteiger partial charge < -0.3 is 30.1 Å². The fraction of sp³-hybridized carbons (Fsp3) is 0.368. The minimum absolute atomic E-state index is 0.296. The van der Waals surface area contributed by atoms with Gasteiger partial charge in [-0.05, 0) is 38.0 Å². The number of carbonyl (C=O) groups excluding carboxylic acids is 2.